The molecule has 0 fully saturated rings. The second-order valence-corrected chi connectivity index (χ2v) is 4.33. The zero-order valence-electron chi connectivity index (χ0n) is 11.3. The van der Waals surface area contributed by atoms with E-state index in [1.165, 1.54) is 6.20 Å². The van der Waals surface area contributed by atoms with Crippen molar-refractivity contribution in [1.29, 1.82) is 0 Å². The number of urea groups is 1. The fourth-order valence-electron chi connectivity index (χ4n) is 1.82. The number of nitrogens with one attached hydrogen (secondary N) is 2. The average molecular weight is 286 g/mol. The molecule has 0 aliphatic carbocycles. The van der Waals surface area contributed by atoms with Crippen LogP contribution in [-0.4, -0.2) is 27.3 Å². The van der Waals surface area contributed by atoms with Crippen molar-refractivity contribution in [3.63, 3.8) is 0 Å². The smallest absolute Gasteiger partial charge is 0.338 e. The van der Waals surface area contributed by atoms with Gasteiger partial charge in [-0.05, 0) is 30.7 Å². The van der Waals surface area contributed by atoms with Crippen LogP contribution in [0.2, 0.25) is 0 Å². The molecule has 1 heterocycles. The maximum Gasteiger partial charge on any atom is 0.338 e. The standard InChI is InChI=1S/C14H14N4O3/c1-9-4-2-6-11(12(9)13(19)20)17-14(21)15-8-10-5-3-7-16-18-10/h2-7H,8H2,1H3,(H,19,20)(H2,15,17,21). The van der Waals surface area contributed by atoms with Gasteiger partial charge in [0.1, 0.15) is 0 Å². The molecule has 0 radical (unpaired) electrons. The summed E-state index contributed by atoms with van der Waals surface area (Å²) in [5.41, 5.74) is 1.51. The van der Waals surface area contributed by atoms with Gasteiger partial charge in [0.05, 0.1) is 23.5 Å². The molecule has 0 saturated carbocycles. The first kappa shape index (κ1) is 14.4. The zero-order chi connectivity index (χ0) is 15.2. The van der Waals surface area contributed by atoms with Gasteiger partial charge in [0.2, 0.25) is 0 Å². The molecule has 2 rings (SSSR count). The van der Waals surface area contributed by atoms with Gasteiger partial charge >= 0.3 is 12.0 Å². The normalized spacial score (nSPS) is 9.95. The van der Waals surface area contributed by atoms with Gasteiger partial charge < -0.3 is 15.7 Å². The Kier molecular flexibility index (Phi) is 4.45. The first-order chi connectivity index (χ1) is 10.1. The minimum Gasteiger partial charge on any atom is -0.478 e. The van der Waals surface area contributed by atoms with Gasteiger partial charge in [-0.2, -0.15) is 10.2 Å². The molecule has 3 N–H and O–H groups in total. The summed E-state index contributed by atoms with van der Waals surface area (Å²) in [5, 5.41) is 21.8. The number of benzene rings is 1. The van der Waals surface area contributed by atoms with E-state index in [4.69, 9.17) is 0 Å². The summed E-state index contributed by atoms with van der Waals surface area (Å²) in [5.74, 6) is -1.09. The summed E-state index contributed by atoms with van der Waals surface area (Å²) in [7, 11) is 0. The second kappa shape index (κ2) is 6.47. The summed E-state index contributed by atoms with van der Waals surface area (Å²) in [6, 6.07) is 7.83. The van der Waals surface area contributed by atoms with E-state index in [0.29, 0.717) is 11.3 Å². The van der Waals surface area contributed by atoms with Gasteiger partial charge in [-0.1, -0.05) is 12.1 Å². The molecule has 108 valence electrons. The SMILES string of the molecule is Cc1cccc(NC(=O)NCc2cccnn2)c1C(=O)O. The maximum atomic E-state index is 11.8. The number of hydrogen-bond donors (Lipinski definition) is 3. The Balaban J connectivity index is 2.03. The van der Waals surface area contributed by atoms with Gasteiger partial charge in [0, 0.05) is 6.20 Å². The highest BCUT2D eigenvalue weighted by Gasteiger charge is 2.14. The first-order valence-electron chi connectivity index (χ1n) is 6.22. The molecular formula is C14H14N4O3. The molecule has 0 spiro atoms. The molecule has 0 saturated heterocycles. The Morgan fingerprint density at radius 1 is 1.24 bits per heavy atom. The van der Waals surface area contributed by atoms with Crippen LogP contribution < -0.4 is 10.6 Å². The van der Waals surface area contributed by atoms with E-state index in [1.54, 1.807) is 37.3 Å². The Morgan fingerprint density at radius 2 is 2.05 bits per heavy atom. The molecule has 0 bridgehead atoms. The van der Waals surface area contributed by atoms with E-state index in [-0.39, 0.29) is 17.8 Å². The van der Waals surface area contributed by atoms with Crippen LogP contribution in [0.15, 0.2) is 36.5 Å². The second-order valence-electron chi connectivity index (χ2n) is 4.33. The van der Waals surface area contributed by atoms with Crippen molar-refractivity contribution in [2.45, 2.75) is 13.5 Å². The summed E-state index contributed by atoms with van der Waals surface area (Å²) < 4.78 is 0. The van der Waals surface area contributed by atoms with Crippen molar-refractivity contribution in [3.05, 3.63) is 53.3 Å². The van der Waals surface area contributed by atoms with Crippen LogP contribution in [0.25, 0.3) is 0 Å². The Morgan fingerprint density at radius 3 is 2.71 bits per heavy atom. The topological polar surface area (TPSA) is 104 Å². The van der Waals surface area contributed by atoms with Gasteiger partial charge in [-0.3, -0.25) is 0 Å². The molecule has 7 heteroatoms. The van der Waals surface area contributed by atoms with Crippen molar-refractivity contribution in [2.24, 2.45) is 0 Å². The number of anilines is 1. The van der Waals surface area contributed by atoms with Gasteiger partial charge in [0.15, 0.2) is 0 Å². The number of carbonyl (C=O) groups is 2. The number of carboxylic acids is 1. The van der Waals surface area contributed by atoms with Crippen LogP contribution in [-0.2, 0) is 6.54 Å². The van der Waals surface area contributed by atoms with E-state index in [9.17, 15) is 14.7 Å². The van der Waals surface area contributed by atoms with Crippen molar-refractivity contribution in [2.75, 3.05) is 5.32 Å². The largest absolute Gasteiger partial charge is 0.478 e. The molecular weight excluding hydrogens is 272 g/mol. The first-order valence-corrected chi connectivity index (χ1v) is 6.22. The third-order valence-electron chi connectivity index (χ3n) is 2.79. The van der Waals surface area contributed by atoms with Gasteiger partial charge in [0.25, 0.3) is 0 Å². The Bertz CT molecular complexity index is 659. The van der Waals surface area contributed by atoms with Crippen LogP contribution in [0, 0.1) is 6.92 Å². The number of hydrogen-bond acceptors (Lipinski definition) is 4. The van der Waals surface area contributed by atoms with Crippen molar-refractivity contribution in [3.8, 4) is 0 Å². The molecule has 1 aromatic carbocycles. The number of amides is 2. The monoisotopic (exact) mass is 286 g/mol. The number of rotatable bonds is 4. The van der Waals surface area contributed by atoms with E-state index < -0.39 is 12.0 Å². The predicted molar refractivity (Wildman–Crippen MR) is 76.0 cm³/mol. The van der Waals surface area contributed by atoms with Gasteiger partial charge in [-0.15, -0.1) is 0 Å². The lowest BCUT2D eigenvalue weighted by Crippen LogP contribution is -2.29. The Labute approximate surface area is 121 Å². The number of carbonyl (C=O) groups excluding carboxylic acids is 1. The number of aromatic nitrogens is 2. The zero-order valence-corrected chi connectivity index (χ0v) is 11.3. The predicted octanol–water partition coefficient (Wildman–Crippen LogP) is 1.80. The number of nitrogens with zero attached hydrogens (tertiary/aromatic N) is 2. The van der Waals surface area contributed by atoms with Crippen molar-refractivity contribution in [1.82, 2.24) is 15.5 Å². The lowest BCUT2D eigenvalue weighted by molar-refractivity contribution is 0.0697. The summed E-state index contributed by atoms with van der Waals surface area (Å²) in [4.78, 5) is 23.0. The molecule has 7 nitrogen and oxygen atoms in total. The quantitative estimate of drug-likeness (QED) is 0.795. The van der Waals surface area contributed by atoms with E-state index in [1.807, 2.05) is 0 Å². The fourth-order valence-corrected chi connectivity index (χ4v) is 1.82. The highest BCUT2D eigenvalue weighted by atomic mass is 16.4. The van der Waals surface area contributed by atoms with E-state index in [2.05, 4.69) is 20.8 Å². The van der Waals surface area contributed by atoms with Crippen LogP contribution >= 0.6 is 0 Å². The molecule has 2 amide bonds. The van der Waals surface area contributed by atoms with Crippen molar-refractivity contribution >= 4 is 17.7 Å². The number of aryl methyl sites for hydroxylation is 1. The third-order valence-corrected chi connectivity index (χ3v) is 2.79. The minimum absolute atomic E-state index is 0.0761. The summed E-state index contributed by atoms with van der Waals surface area (Å²) in [6.45, 7) is 1.87. The van der Waals surface area contributed by atoms with E-state index >= 15 is 0 Å². The van der Waals surface area contributed by atoms with E-state index in [0.717, 1.165) is 0 Å². The molecule has 0 aliphatic rings. The van der Waals surface area contributed by atoms with Crippen LogP contribution in [0.4, 0.5) is 10.5 Å². The molecule has 2 aromatic rings. The molecule has 0 atom stereocenters. The highest BCUT2D eigenvalue weighted by Crippen LogP contribution is 2.19. The maximum absolute atomic E-state index is 11.8. The molecule has 21 heavy (non-hydrogen) atoms. The highest BCUT2D eigenvalue weighted by molar-refractivity contribution is 6.01. The van der Waals surface area contributed by atoms with Crippen molar-refractivity contribution < 1.29 is 14.7 Å². The minimum atomic E-state index is -1.09. The molecule has 0 aliphatic heterocycles. The summed E-state index contributed by atoms with van der Waals surface area (Å²) >= 11 is 0. The summed E-state index contributed by atoms with van der Waals surface area (Å²) in [6.07, 6.45) is 1.54. The average Bonchev–Trinajstić information content (AvgIpc) is 2.46. The third kappa shape index (κ3) is 3.75. The van der Waals surface area contributed by atoms with Crippen LogP contribution in [0.3, 0.4) is 0 Å². The molecule has 0 unspecified atom stereocenters. The van der Waals surface area contributed by atoms with Gasteiger partial charge in [-0.25, -0.2) is 9.59 Å². The van der Waals surface area contributed by atoms with Crippen LogP contribution in [0.1, 0.15) is 21.6 Å². The molecule has 1 aromatic heterocycles. The fraction of sp³-hybridized carbons (Fsp3) is 0.143. The number of carboxylic acid groups (broad SMARTS) is 1. The lowest BCUT2D eigenvalue weighted by atomic mass is 10.1. The Hall–Kier alpha value is -2.96. The van der Waals surface area contributed by atoms with Crippen LogP contribution in [0.5, 0.6) is 0 Å². The number of aromatic carboxylic acids is 1. The lowest BCUT2D eigenvalue weighted by Gasteiger charge is -2.11.